The van der Waals surface area contributed by atoms with Gasteiger partial charge in [0, 0.05) is 11.6 Å². The minimum absolute atomic E-state index is 0.249. The van der Waals surface area contributed by atoms with Crippen LogP contribution in [0.4, 0.5) is 4.39 Å². The Morgan fingerprint density at radius 2 is 2.26 bits per heavy atom. The van der Waals surface area contributed by atoms with E-state index < -0.39 is 0 Å². The zero-order chi connectivity index (χ0) is 13.4. The SMILES string of the molecule is Cc1cc2c(cc1F)c(C#N)cn2C1C=CCCC1. The molecule has 0 N–H and O–H groups in total. The molecule has 2 aromatic rings. The first-order chi connectivity index (χ1) is 9.20. The Bertz CT molecular complexity index is 704. The number of nitrogens with zero attached hydrogens (tertiary/aromatic N) is 2. The molecule has 1 unspecified atom stereocenters. The van der Waals surface area contributed by atoms with E-state index in [-0.39, 0.29) is 11.9 Å². The number of halogens is 1. The molecule has 1 aromatic heterocycles. The van der Waals surface area contributed by atoms with Crippen molar-refractivity contribution in [1.82, 2.24) is 4.57 Å². The van der Waals surface area contributed by atoms with E-state index in [4.69, 9.17) is 0 Å². The Balaban J connectivity index is 2.25. The zero-order valence-electron chi connectivity index (χ0n) is 10.9. The minimum Gasteiger partial charge on any atom is -0.339 e. The molecule has 19 heavy (non-hydrogen) atoms. The molecule has 0 aliphatic heterocycles. The molecule has 0 saturated heterocycles. The van der Waals surface area contributed by atoms with Gasteiger partial charge in [-0.15, -0.1) is 0 Å². The van der Waals surface area contributed by atoms with Crippen LogP contribution in [0.2, 0.25) is 0 Å². The van der Waals surface area contributed by atoms with Gasteiger partial charge < -0.3 is 4.57 Å². The molecule has 0 spiro atoms. The van der Waals surface area contributed by atoms with Crippen LogP contribution in [0.1, 0.15) is 36.4 Å². The lowest BCUT2D eigenvalue weighted by Crippen LogP contribution is -2.07. The van der Waals surface area contributed by atoms with E-state index in [2.05, 4.69) is 22.8 Å². The van der Waals surface area contributed by atoms with Crippen molar-refractivity contribution < 1.29 is 4.39 Å². The van der Waals surface area contributed by atoms with Crippen LogP contribution >= 0.6 is 0 Å². The van der Waals surface area contributed by atoms with Gasteiger partial charge in [-0.2, -0.15) is 5.26 Å². The average Bonchev–Trinajstić information content (AvgIpc) is 2.78. The summed E-state index contributed by atoms with van der Waals surface area (Å²) in [5.74, 6) is -0.249. The standard InChI is InChI=1S/C16H15FN2/c1-11-7-16-14(8-15(11)17)12(9-18)10-19(16)13-5-3-2-4-6-13/h3,5,7-8,10,13H,2,4,6H2,1H3. The highest BCUT2D eigenvalue weighted by atomic mass is 19.1. The second-order valence-corrected chi connectivity index (χ2v) is 5.11. The highest BCUT2D eigenvalue weighted by molar-refractivity contribution is 5.87. The summed E-state index contributed by atoms with van der Waals surface area (Å²) in [7, 11) is 0. The van der Waals surface area contributed by atoms with Crippen molar-refractivity contribution in [3.8, 4) is 6.07 Å². The number of allylic oxidation sites excluding steroid dienone is 2. The third-order valence-corrected chi connectivity index (χ3v) is 3.82. The average molecular weight is 254 g/mol. The molecule has 0 bridgehead atoms. The van der Waals surface area contributed by atoms with Gasteiger partial charge in [0.15, 0.2) is 0 Å². The summed E-state index contributed by atoms with van der Waals surface area (Å²) in [6.07, 6.45) is 9.56. The molecule has 3 heteroatoms. The smallest absolute Gasteiger partial charge is 0.126 e. The van der Waals surface area contributed by atoms with Crippen molar-refractivity contribution in [3.05, 3.63) is 47.4 Å². The van der Waals surface area contributed by atoms with E-state index >= 15 is 0 Å². The van der Waals surface area contributed by atoms with Crippen LogP contribution in [0.15, 0.2) is 30.5 Å². The van der Waals surface area contributed by atoms with Crippen molar-refractivity contribution in [2.75, 3.05) is 0 Å². The van der Waals surface area contributed by atoms with Crippen LogP contribution < -0.4 is 0 Å². The summed E-state index contributed by atoms with van der Waals surface area (Å²) in [6, 6.07) is 5.76. The normalized spacial score (nSPS) is 18.7. The van der Waals surface area contributed by atoms with Crippen LogP contribution in [0.3, 0.4) is 0 Å². The lowest BCUT2D eigenvalue weighted by molar-refractivity contribution is 0.530. The maximum Gasteiger partial charge on any atom is 0.126 e. The lowest BCUT2D eigenvalue weighted by atomic mass is 10.0. The highest BCUT2D eigenvalue weighted by Gasteiger charge is 2.17. The minimum atomic E-state index is -0.249. The number of rotatable bonds is 1. The van der Waals surface area contributed by atoms with Crippen LogP contribution in [0.25, 0.3) is 10.9 Å². The molecule has 1 atom stereocenters. The van der Waals surface area contributed by atoms with Gasteiger partial charge in [0.25, 0.3) is 0 Å². The van der Waals surface area contributed by atoms with E-state index in [1.165, 1.54) is 6.07 Å². The summed E-state index contributed by atoms with van der Waals surface area (Å²) >= 11 is 0. The largest absolute Gasteiger partial charge is 0.339 e. The molecular formula is C16H15FN2. The van der Waals surface area contributed by atoms with Gasteiger partial charge in [0.1, 0.15) is 11.9 Å². The van der Waals surface area contributed by atoms with E-state index in [1.54, 1.807) is 6.92 Å². The van der Waals surface area contributed by atoms with Gasteiger partial charge in [-0.05, 0) is 43.9 Å². The Morgan fingerprint density at radius 3 is 2.95 bits per heavy atom. The van der Waals surface area contributed by atoms with Gasteiger partial charge in [-0.3, -0.25) is 0 Å². The molecule has 0 saturated carbocycles. The lowest BCUT2D eigenvalue weighted by Gasteiger charge is -2.19. The van der Waals surface area contributed by atoms with Crippen LogP contribution in [-0.2, 0) is 0 Å². The third kappa shape index (κ3) is 1.94. The molecule has 0 fully saturated rings. The van der Waals surface area contributed by atoms with Crippen molar-refractivity contribution in [1.29, 1.82) is 5.26 Å². The molecule has 1 heterocycles. The number of aromatic nitrogens is 1. The van der Waals surface area contributed by atoms with Gasteiger partial charge in [-0.25, -0.2) is 4.39 Å². The molecule has 96 valence electrons. The molecule has 1 aliphatic rings. The maximum absolute atomic E-state index is 13.7. The molecule has 0 radical (unpaired) electrons. The van der Waals surface area contributed by atoms with Gasteiger partial charge in [0.2, 0.25) is 0 Å². The number of hydrogen-bond donors (Lipinski definition) is 0. The molecule has 1 aliphatic carbocycles. The fraction of sp³-hybridized carbons (Fsp3) is 0.312. The van der Waals surface area contributed by atoms with Crippen LogP contribution in [0, 0.1) is 24.1 Å². The predicted octanol–water partition coefficient (Wildman–Crippen LogP) is 4.24. The predicted molar refractivity (Wildman–Crippen MR) is 73.4 cm³/mol. The first-order valence-corrected chi connectivity index (χ1v) is 6.58. The summed E-state index contributed by atoms with van der Waals surface area (Å²) in [5.41, 5.74) is 2.12. The fourth-order valence-electron chi connectivity index (χ4n) is 2.76. The molecular weight excluding hydrogens is 239 g/mol. The highest BCUT2D eigenvalue weighted by Crippen LogP contribution is 2.31. The quantitative estimate of drug-likeness (QED) is 0.700. The van der Waals surface area contributed by atoms with E-state index in [9.17, 15) is 9.65 Å². The summed E-state index contributed by atoms with van der Waals surface area (Å²) in [5, 5.41) is 9.92. The topological polar surface area (TPSA) is 28.7 Å². The van der Waals surface area contributed by atoms with Gasteiger partial charge in [-0.1, -0.05) is 12.2 Å². The number of aryl methyl sites for hydroxylation is 1. The molecule has 2 nitrogen and oxygen atoms in total. The summed E-state index contributed by atoms with van der Waals surface area (Å²) < 4.78 is 15.8. The monoisotopic (exact) mass is 254 g/mol. The number of hydrogen-bond acceptors (Lipinski definition) is 1. The van der Waals surface area contributed by atoms with Crippen molar-refractivity contribution in [3.63, 3.8) is 0 Å². The second kappa shape index (κ2) is 4.55. The Morgan fingerprint density at radius 1 is 1.42 bits per heavy atom. The summed E-state index contributed by atoms with van der Waals surface area (Å²) in [6.45, 7) is 1.76. The Hall–Kier alpha value is -2.08. The maximum atomic E-state index is 13.7. The van der Waals surface area contributed by atoms with E-state index in [1.807, 2.05) is 12.3 Å². The number of benzene rings is 1. The first kappa shape index (κ1) is 12.0. The van der Waals surface area contributed by atoms with E-state index in [0.29, 0.717) is 16.5 Å². The third-order valence-electron chi connectivity index (χ3n) is 3.82. The Labute approximate surface area is 111 Å². The number of nitriles is 1. The van der Waals surface area contributed by atoms with Crippen molar-refractivity contribution in [2.24, 2.45) is 0 Å². The molecule has 3 rings (SSSR count). The Kier molecular flexibility index (Phi) is 2.87. The van der Waals surface area contributed by atoms with Gasteiger partial charge in [0.05, 0.1) is 17.1 Å². The van der Waals surface area contributed by atoms with Crippen molar-refractivity contribution >= 4 is 10.9 Å². The molecule has 1 aromatic carbocycles. The molecule has 0 amide bonds. The summed E-state index contributed by atoms with van der Waals surface area (Å²) in [4.78, 5) is 0. The van der Waals surface area contributed by atoms with E-state index in [0.717, 1.165) is 24.8 Å². The fourth-order valence-corrected chi connectivity index (χ4v) is 2.76. The van der Waals surface area contributed by atoms with Crippen LogP contribution in [-0.4, -0.2) is 4.57 Å². The van der Waals surface area contributed by atoms with Gasteiger partial charge >= 0.3 is 0 Å². The first-order valence-electron chi connectivity index (χ1n) is 6.58. The van der Waals surface area contributed by atoms with Crippen molar-refractivity contribution in [2.45, 2.75) is 32.2 Å². The zero-order valence-corrected chi connectivity index (χ0v) is 10.9. The second-order valence-electron chi connectivity index (χ2n) is 5.11. The number of fused-ring (bicyclic) bond motifs is 1. The van der Waals surface area contributed by atoms with Crippen LogP contribution in [0.5, 0.6) is 0 Å².